The van der Waals surface area contributed by atoms with Crippen molar-refractivity contribution in [2.75, 3.05) is 0 Å². The first kappa shape index (κ1) is 10.6. The first-order valence-corrected chi connectivity index (χ1v) is 4.97. The Morgan fingerprint density at radius 1 is 1.53 bits per heavy atom. The Hall–Kier alpha value is -1.51. The van der Waals surface area contributed by atoms with Gasteiger partial charge in [0.05, 0.1) is 0 Å². The number of hydrogen-bond donors (Lipinski definition) is 3. The summed E-state index contributed by atoms with van der Waals surface area (Å²) in [6.45, 7) is 0. The smallest absolute Gasteiger partial charge is 0.330 e. The molecule has 1 aliphatic carbocycles. The van der Waals surface area contributed by atoms with Gasteiger partial charge in [-0.05, 0) is 0 Å². The topological polar surface area (TPSA) is 105 Å². The number of nitrogens with zero attached hydrogens (tertiary/aromatic N) is 1. The van der Waals surface area contributed by atoms with E-state index in [4.69, 9.17) is 4.74 Å². The summed E-state index contributed by atoms with van der Waals surface area (Å²) in [5.74, 6) is 0. The van der Waals surface area contributed by atoms with E-state index in [1.165, 1.54) is 0 Å². The lowest BCUT2D eigenvalue weighted by atomic mass is 10.2. The maximum Gasteiger partial charge on any atom is 0.330 e. The lowest BCUT2D eigenvalue weighted by molar-refractivity contribution is -0.0648. The average Bonchev–Trinajstić information content (AvgIpc) is 2.66. The maximum absolute atomic E-state index is 13.8. The van der Waals surface area contributed by atoms with Crippen LogP contribution in [-0.2, 0) is 4.74 Å². The van der Waals surface area contributed by atoms with Crippen molar-refractivity contribution in [1.29, 1.82) is 0 Å². The lowest BCUT2D eigenvalue weighted by Gasteiger charge is -2.20. The van der Waals surface area contributed by atoms with Crippen molar-refractivity contribution in [3.63, 3.8) is 0 Å². The molecule has 2 heterocycles. The fourth-order valence-corrected chi connectivity index (χ4v) is 2.13. The average molecular weight is 244 g/mol. The molecule has 1 saturated carbocycles. The Kier molecular flexibility index (Phi) is 1.90. The predicted octanol–water partition coefficient (Wildman–Crippen LogP) is -2.12. The van der Waals surface area contributed by atoms with Gasteiger partial charge in [-0.25, -0.2) is 9.18 Å². The predicted molar refractivity (Wildman–Crippen MR) is 51.1 cm³/mol. The Bertz CT molecular complexity index is 583. The highest BCUT2D eigenvalue weighted by Crippen LogP contribution is 2.54. The minimum absolute atomic E-state index is 0.608. The summed E-state index contributed by atoms with van der Waals surface area (Å²) in [5.41, 5.74) is -3.38. The molecule has 1 unspecified atom stereocenters. The van der Waals surface area contributed by atoms with Gasteiger partial charge in [-0.15, -0.1) is 0 Å². The molecule has 0 radical (unpaired) electrons. The second-order valence-corrected chi connectivity index (χ2v) is 4.20. The fourth-order valence-electron chi connectivity index (χ4n) is 2.13. The zero-order valence-corrected chi connectivity index (χ0v) is 8.41. The van der Waals surface area contributed by atoms with Crippen LogP contribution in [0.3, 0.4) is 0 Å². The van der Waals surface area contributed by atoms with E-state index in [2.05, 4.69) is 0 Å². The number of aromatic amines is 1. The molecule has 5 atom stereocenters. The van der Waals surface area contributed by atoms with Crippen LogP contribution >= 0.6 is 0 Å². The third-order valence-corrected chi connectivity index (χ3v) is 3.21. The van der Waals surface area contributed by atoms with Gasteiger partial charge in [-0.2, -0.15) is 0 Å². The van der Waals surface area contributed by atoms with Gasteiger partial charge in [0.2, 0.25) is 0 Å². The van der Waals surface area contributed by atoms with E-state index >= 15 is 0 Å². The molecule has 3 N–H and O–H groups in total. The molecule has 2 fully saturated rings. The molecule has 3 rings (SSSR count). The first-order chi connectivity index (χ1) is 7.96. The molecule has 92 valence electrons. The summed E-state index contributed by atoms with van der Waals surface area (Å²) >= 11 is 0. The summed E-state index contributed by atoms with van der Waals surface area (Å²) in [7, 11) is 0. The van der Waals surface area contributed by atoms with Crippen LogP contribution in [0.1, 0.15) is 6.23 Å². The number of alkyl halides is 1. The van der Waals surface area contributed by atoms with E-state index in [9.17, 15) is 24.2 Å². The largest absolute Gasteiger partial charge is 0.387 e. The number of fused-ring (bicyclic) bond motifs is 1. The summed E-state index contributed by atoms with van der Waals surface area (Å²) in [5, 5.41) is 18.8. The highest BCUT2D eigenvalue weighted by atomic mass is 19.1. The van der Waals surface area contributed by atoms with Crippen LogP contribution in [0.5, 0.6) is 0 Å². The molecule has 7 nitrogen and oxygen atoms in total. The van der Waals surface area contributed by atoms with Crippen molar-refractivity contribution in [1.82, 2.24) is 9.55 Å². The normalized spacial score (nSPS) is 43.5. The Morgan fingerprint density at radius 3 is 2.76 bits per heavy atom. The number of aromatic nitrogens is 2. The number of nitrogens with one attached hydrogen (secondary N) is 1. The minimum Gasteiger partial charge on any atom is -0.387 e. The first-order valence-electron chi connectivity index (χ1n) is 4.97. The third-order valence-electron chi connectivity index (χ3n) is 3.21. The van der Waals surface area contributed by atoms with Crippen LogP contribution in [0.4, 0.5) is 4.39 Å². The highest BCUT2D eigenvalue weighted by molar-refractivity contribution is 5.24. The molecular weight excluding hydrogens is 235 g/mol. The molecule has 1 aromatic heterocycles. The number of ether oxygens (including phenoxy) is 1. The van der Waals surface area contributed by atoms with Gasteiger partial charge in [-0.1, -0.05) is 0 Å². The van der Waals surface area contributed by atoms with Crippen LogP contribution in [0.15, 0.2) is 21.9 Å². The molecule has 0 bridgehead atoms. The number of H-pyrrole nitrogens is 1. The summed E-state index contributed by atoms with van der Waals surface area (Å²) in [6.07, 6.45) is -4.48. The van der Waals surface area contributed by atoms with E-state index < -0.39 is 41.5 Å². The quantitative estimate of drug-likeness (QED) is 0.524. The molecular formula is C9H9FN2O5. The van der Waals surface area contributed by atoms with Gasteiger partial charge in [0, 0.05) is 12.3 Å². The molecule has 8 heteroatoms. The molecule has 1 aromatic rings. The maximum atomic E-state index is 13.8. The summed E-state index contributed by atoms with van der Waals surface area (Å²) in [6, 6.07) is 1.04. The summed E-state index contributed by atoms with van der Waals surface area (Å²) < 4.78 is 19.7. The van der Waals surface area contributed by atoms with Gasteiger partial charge >= 0.3 is 5.69 Å². The standard InChI is InChI=1S/C9H9FN2O5/c10-4-7(17-6-5(14)9(4,6)16)12-2-1-3(13)11-8(12)15/h1-2,4-7,14,16H,(H,11,13,15)/t4-,5?,6+,7+,9+/m0/s1. The lowest BCUT2D eigenvalue weighted by Crippen LogP contribution is -2.39. The zero-order valence-electron chi connectivity index (χ0n) is 8.41. The van der Waals surface area contributed by atoms with Gasteiger partial charge in [0.15, 0.2) is 18.0 Å². The molecule has 1 saturated heterocycles. The molecule has 2 aliphatic rings. The van der Waals surface area contributed by atoms with E-state index in [0.29, 0.717) is 0 Å². The SMILES string of the molecule is O=c1ccn([C@@H]2O[C@@H]3C(O)[C@]3(O)[C@H]2F)c(=O)[nH]1. The minimum atomic E-state index is -1.94. The van der Waals surface area contributed by atoms with Crippen molar-refractivity contribution < 1.29 is 19.3 Å². The van der Waals surface area contributed by atoms with Gasteiger partial charge in [0.1, 0.15) is 12.2 Å². The van der Waals surface area contributed by atoms with E-state index in [1.807, 2.05) is 4.98 Å². The number of rotatable bonds is 1. The van der Waals surface area contributed by atoms with Crippen LogP contribution in [0.25, 0.3) is 0 Å². The van der Waals surface area contributed by atoms with E-state index in [-0.39, 0.29) is 0 Å². The summed E-state index contributed by atoms with van der Waals surface area (Å²) in [4.78, 5) is 24.2. The van der Waals surface area contributed by atoms with Crippen LogP contribution in [0.2, 0.25) is 0 Å². The third kappa shape index (κ3) is 1.20. The van der Waals surface area contributed by atoms with Crippen molar-refractivity contribution >= 4 is 0 Å². The van der Waals surface area contributed by atoms with Gasteiger partial charge in [0.25, 0.3) is 5.56 Å². The van der Waals surface area contributed by atoms with Crippen molar-refractivity contribution in [3.05, 3.63) is 33.1 Å². The van der Waals surface area contributed by atoms with Crippen molar-refractivity contribution in [2.24, 2.45) is 0 Å². The van der Waals surface area contributed by atoms with Crippen molar-refractivity contribution in [3.8, 4) is 0 Å². The fraction of sp³-hybridized carbons (Fsp3) is 0.556. The molecule has 0 amide bonds. The molecule has 0 spiro atoms. The van der Waals surface area contributed by atoms with Crippen molar-refractivity contribution in [2.45, 2.75) is 30.2 Å². The van der Waals surface area contributed by atoms with Crippen LogP contribution in [0, 0.1) is 0 Å². The van der Waals surface area contributed by atoms with Gasteiger partial charge < -0.3 is 14.9 Å². The number of aliphatic hydroxyl groups excluding tert-OH is 1. The molecule has 1 aliphatic heterocycles. The van der Waals surface area contributed by atoms with E-state index in [0.717, 1.165) is 16.8 Å². The second kappa shape index (κ2) is 3.03. The Morgan fingerprint density at radius 2 is 2.24 bits per heavy atom. The number of halogens is 1. The zero-order chi connectivity index (χ0) is 12.4. The van der Waals surface area contributed by atoms with Gasteiger partial charge in [-0.3, -0.25) is 14.3 Å². The highest BCUT2D eigenvalue weighted by Gasteiger charge is 2.77. The Balaban J connectivity index is 1.98. The van der Waals surface area contributed by atoms with Crippen LogP contribution < -0.4 is 11.2 Å². The van der Waals surface area contributed by atoms with Crippen LogP contribution in [-0.4, -0.2) is 43.7 Å². The second-order valence-electron chi connectivity index (χ2n) is 4.20. The molecule has 0 aromatic carbocycles. The van der Waals surface area contributed by atoms with E-state index in [1.54, 1.807) is 0 Å². The Labute approximate surface area is 93.1 Å². The monoisotopic (exact) mass is 244 g/mol. The molecule has 17 heavy (non-hydrogen) atoms. The number of hydrogen-bond acceptors (Lipinski definition) is 5. The number of aliphatic hydroxyl groups is 2.